The van der Waals surface area contributed by atoms with Crippen LogP contribution in [0, 0.1) is 11.6 Å². The Labute approximate surface area is 186 Å². The summed E-state index contributed by atoms with van der Waals surface area (Å²) in [5, 5.41) is 5.21. The first kappa shape index (κ1) is 23.9. The number of nitrogens with zero attached hydrogens (tertiary/aromatic N) is 1. The third-order valence-electron chi connectivity index (χ3n) is 5.69. The second-order valence-corrected chi connectivity index (χ2v) is 9.36. The molecule has 0 saturated carbocycles. The maximum atomic E-state index is 14.7. The van der Waals surface area contributed by atoms with E-state index in [-0.39, 0.29) is 29.4 Å². The second-order valence-electron chi connectivity index (χ2n) is 9.36. The van der Waals surface area contributed by atoms with Crippen LogP contribution in [0.3, 0.4) is 0 Å². The Kier molecular flexibility index (Phi) is 7.36. The quantitative estimate of drug-likeness (QED) is 0.633. The molecule has 32 heavy (non-hydrogen) atoms. The summed E-state index contributed by atoms with van der Waals surface area (Å²) in [5.74, 6) is -1.38. The fourth-order valence-electron chi connectivity index (χ4n) is 4.14. The van der Waals surface area contributed by atoms with Crippen LogP contribution < -0.4 is 10.6 Å². The second kappa shape index (κ2) is 9.83. The van der Waals surface area contributed by atoms with Crippen molar-refractivity contribution < 1.29 is 27.9 Å². The van der Waals surface area contributed by atoms with Crippen LogP contribution in [-0.2, 0) is 20.7 Å². The van der Waals surface area contributed by atoms with Crippen molar-refractivity contribution in [3.05, 3.63) is 28.8 Å². The zero-order valence-electron chi connectivity index (χ0n) is 18.9. The van der Waals surface area contributed by atoms with E-state index in [1.54, 1.807) is 4.90 Å². The van der Waals surface area contributed by atoms with Gasteiger partial charge in [0.15, 0.2) is 0 Å². The number of amides is 3. The van der Waals surface area contributed by atoms with Gasteiger partial charge in [0, 0.05) is 49.3 Å². The van der Waals surface area contributed by atoms with Crippen molar-refractivity contribution in [3.8, 4) is 0 Å². The first-order valence-electron chi connectivity index (χ1n) is 11.1. The lowest BCUT2D eigenvalue weighted by Gasteiger charge is -2.34. The van der Waals surface area contributed by atoms with Crippen molar-refractivity contribution in [1.82, 2.24) is 10.2 Å². The fourth-order valence-corrected chi connectivity index (χ4v) is 4.14. The molecular formula is C23H31F2N3O4. The van der Waals surface area contributed by atoms with Gasteiger partial charge in [0.25, 0.3) is 0 Å². The highest BCUT2D eigenvalue weighted by Crippen LogP contribution is 2.37. The molecule has 7 nitrogen and oxygen atoms in total. The van der Waals surface area contributed by atoms with Gasteiger partial charge in [0.05, 0.1) is 0 Å². The number of ether oxygens (including phenoxy) is 1. The van der Waals surface area contributed by atoms with Crippen LogP contribution in [0.2, 0.25) is 0 Å². The molecule has 0 aliphatic carbocycles. The molecule has 2 fully saturated rings. The number of carbonyl (C=O) groups is 3. The summed E-state index contributed by atoms with van der Waals surface area (Å²) in [6, 6.07) is 1.40. The van der Waals surface area contributed by atoms with Crippen LogP contribution in [0.5, 0.6) is 0 Å². The van der Waals surface area contributed by atoms with Gasteiger partial charge in [-0.3, -0.25) is 14.9 Å². The highest BCUT2D eigenvalue weighted by atomic mass is 19.1. The number of rotatable bonds is 1. The zero-order chi connectivity index (χ0) is 23.5. The largest absolute Gasteiger partial charge is 0.444 e. The van der Waals surface area contributed by atoms with E-state index < -0.39 is 17.2 Å². The molecule has 0 bridgehead atoms. The Balaban J connectivity index is 0.000000305. The molecule has 3 heterocycles. The van der Waals surface area contributed by atoms with Gasteiger partial charge in [-0.1, -0.05) is 0 Å². The number of halogens is 2. The van der Waals surface area contributed by atoms with Crippen molar-refractivity contribution in [1.29, 1.82) is 0 Å². The minimum Gasteiger partial charge on any atom is -0.444 e. The van der Waals surface area contributed by atoms with Gasteiger partial charge in [0.2, 0.25) is 11.8 Å². The average Bonchev–Trinajstić information content (AvgIpc) is 3.16. The van der Waals surface area contributed by atoms with Gasteiger partial charge in [-0.15, -0.1) is 0 Å². The van der Waals surface area contributed by atoms with E-state index in [1.165, 1.54) is 6.07 Å². The lowest BCUT2D eigenvalue weighted by atomic mass is 9.87. The van der Waals surface area contributed by atoms with E-state index in [9.17, 15) is 23.2 Å². The SMILES string of the molecule is CC(C)(C)OC(=O)N1CCC(c2c(F)cc3c(c2F)CCN3)CC1.O=C1CCCC(=O)N1. The molecule has 1 aromatic rings. The molecule has 0 atom stereocenters. The number of carbonyl (C=O) groups excluding carboxylic acids is 3. The topological polar surface area (TPSA) is 87.7 Å². The number of hydrogen-bond donors (Lipinski definition) is 2. The van der Waals surface area contributed by atoms with Gasteiger partial charge in [0.1, 0.15) is 17.2 Å². The molecule has 1 aromatic carbocycles. The average molecular weight is 452 g/mol. The van der Waals surface area contributed by atoms with E-state index in [0.717, 1.165) is 0 Å². The lowest BCUT2D eigenvalue weighted by molar-refractivity contribution is -0.132. The summed E-state index contributed by atoms with van der Waals surface area (Å²) >= 11 is 0. The molecule has 2 saturated heterocycles. The van der Waals surface area contributed by atoms with E-state index in [0.29, 0.717) is 69.4 Å². The monoisotopic (exact) mass is 451 g/mol. The Bertz CT molecular complexity index is 876. The lowest BCUT2D eigenvalue weighted by Crippen LogP contribution is -2.41. The fraction of sp³-hybridized carbons (Fsp3) is 0.609. The number of imide groups is 1. The van der Waals surface area contributed by atoms with Crippen molar-refractivity contribution >= 4 is 23.6 Å². The third-order valence-corrected chi connectivity index (χ3v) is 5.69. The van der Waals surface area contributed by atoms with Crippen LogP contribution in [-0.4, -0.2) is 48.0 Å². The predicted octanol–water partition coefficient (Wildman–Crippen LogP) is 3.86. The highest BCUT2D eigenvalue weighted by molar-refractivity contribution is 5.97. The number of fused-ring (bicyclic) bond motifs is 1. The molecule has 9 heteroatoms. The number of anilines is 1. The first-order chi connectivity index (χ1) is 15.0. The van der Waals surface area contributed by atoms with E-state index in [1.807, 2.05) is 20.8 Å². The number of piperidine rings is 2. The van der Waals surface area contributed by atoms with Crippen molar-refractivity contribution in [2.75, 3.05) is 25.0 Å². The van der Waals surface area contributed by atoms with Crippen molar-refractivity contribution in [2.24, 2.45) is 0 Å². The molecule has 3 amide bonds. The standard InChI is InChI=1S/C18H24F2N2O2.C5H7NO2/c1-18(2,3)24-17(23)22-8-5-11(6-9-22)15-13(19)10-14-12(16(15)20)4-7-21-14;7-4-2-1-3-5(8)6-4/h10-11,21H,4-9H2,1-3H3;1-3H2,(H,6,7,8). The molecule has 2 N–H and O–H groups in total. The molecular weight excluding hydrogens is 420 g/mol. The van der Waals surface area contributed by atoms with Crippen LogP contribution in [0.1, 0.15) is 69.9 Å². The highest BCUT2D eigenvalue weighted by Gasteiger charge is 2.32. The Hall–Kier alpha value is -2.71. The summed E-state index contributed by atoms with van der Waals surface area (Å²) in [5.41, 5.74) is 0.793. The van der Waals surface area contributed by atoms with Gasteiger partial charge < -0.3 is 15.0 Å². The van der Waals surface area contributed by atoms with E-state index >= 15 is 0 Å². The molecule has 176 valence electrons. The molecule has 0 spiro atoms. The van der Waals surface area contributed by atoms with Crippen LogP contribution >= 0.6 is 0 Å². The molecule has 0 unspecified atom stereocenters. The van der Waals surface area contributed by atoms with Crippen molar-refractivity contribution in [2.45, 2.75) is 70.8 Å². The van der Waals surface area contributed by atoms with Gasteiger partial charge in [-0.25, -0.2) is 13.6 Å². The number of likely N-dealkylation sites (tertiary alicyclic amines) is 1. The van der Waals surface area contributed by atoms with E-state index in [4.69, 9.17) is 4.74 Å². The molecule has 3 aliphatic heterocycles. The van der Waals surface area contributed by atoms with Gasteiger partial charge in [-0.05, 0) is 58.4 Å². The summed E-state index contributed by atoms with van der Waals surface area (Å²) in [6.07, 6.45) is 3.03. The number of nitrogens with one attached hydrogen (secondary N) is 2. The zero-order valence-corrected chi connectivity index (χ0v) is 18.9. The minimum atomic E-state index is -0.543. The maximum absolute atomic E-state index is 14.7. The van der Waals surface area contributed by atoms with Crippen LogP contribution in [0.25, 0.3) is 0 Å². The summed E-state index contributed by atoms with van der Waals surface area (Å²) < 4.78 is 34.5. The predicted molar refractivity (Wildman–Crippen MR) is 115 cm³/mol. The summed E-state index contributed by atoms with van der Waals surface area (Å²) in [6.45, 7) is 7.01. The summed E-state index contributed by atoms with van der Waals surface area (Å²) in [4.78, 5) is 34.4. The molecule has 0 radical (unpaired) electrons. The Morgan fingerprint density at radius 1 is 1.09 bits per heavy atom. The Morgan fingerprint density at radius 2 is 1.72 bits per heavy atom. The minimum absolute atomic E-state index is 0.138. The normalized spacial score (nSPS) is 18.8. The van der Waals surface area contributed by atoms with Crippen LogP contribution in [0.15, 0.2) is 6.07 Å². The third kappa shape index (κ3) is 5.95. The van der Waals surface area contributed by atoms with Crippen molar-refractivity contribution in [3.63, 3.8) is 0 Å². The van der Waals surface area contributed by atoms with E-state index in [2.05, 4.69) is 10.6 Å². The van der Waals surface area contributed by atoms with Gasteiger partial charge >= 0.3 is 6.09 Å². The Morgan fingerprint density at radius 3 is 2.25 bits per heavy atom. The van der Waals surface area contributed by atoms with Gasteiger partial charge in [-0.2, -0.15) is 0 Å². The summed E-state index contributed by atoms with van der Waals surface area (Å²) in [7, 11) is 0. The molecule has 4 rings (SSSR count). The molecule has 0 aromatic heterocycles. The smallest absolute Gasteiger partial charge is 0.410 e. The maximum Gasteiger partial charge on any atom is 0.410 e. The first-order valence-corrected chi connectivity index (χ1v) is 11.1. The number of benzene rings is 1. The number of hydrogen-bond acceptors (Lipinski definition) is 5. The molecule has 3 aliphatic rings. The van der Waals surface area contributed by atoms with Crippen LogP contribution in [0.4, 0.5) is 19.3 Å².